The van der Waals surface area contributed by atoms with Crippen molar-refractivity contribution in [3.63, 3.8) is 0 Å². The van der Waals surface area contributed by atoms with Crippen molar-refractivity contribution >= 4 is 33.1 Å². The first kappa shape index (κ1) is 17.2. The average Bonchev–Trinajstić information content (AvgIpc) is 3.31. The molecule has 0 radical (unpaired) electrons. The Bertz CT molecular complexity index is 1120. The van der Waals surface area contributed by atoms with Gasteiger partial charge in [0.2, 0.25) is 0 Å². The van der Waals surface area contributed by atoms with Crippen LogP contribution < -0.4 is 10.0 Å². The van der Waals surface area contributed by atoms with E-state index in [9.17, 15) is 13.2 Å². The molecule has 4 rings (SSSR count). The van der Waals surface area contributed by atoms with Crippen LogP contribution in [-0.2, 0) is 10.0 Å². The number of hydrogen-bond donors (Lipinski definition) is 2. The molecule has 0 fully saturated rings. The van der Waals surface area contributed by atoms with Crippen molar-refractivity contribution in [2.24, 2.45) is 4.99 Å². The summed E-state index contributed by atoms with van der Waals surface area (Å²) >= 11 is 0. The summed E-state index contributed by atoms with van der Waals surface area (Å²) in [6.45, 7) is 0.632. The number of rotatable bonds is 4. The van der Waals surface area contributed by atoms with Crippen LogP contribution in [0.5, 0.6) is 0 Å². The summed E-state index contributed by atoms with van der Waals surface area (Å²) in [7, 11) is -3.74. The van der Waals surface area contributed by atoms with E-state index in [1.54, 1.807) is 35.0 Å². The van der Waals surface area contributed by atoms with Gasteiger partial charge in [-0.3, -0.25) is 14.5 Å². The molecule has 2 aromatic heterocycles. The Labute approximate surface area is 156 Å². The van der Waals surface area contributed by atoms with Gasteiger partial charge in [-0.25, -0.2) is 13.4 Å². The van der Waals surface area contributed by atoms with E-state index in [1.165, 1.54) is 12.1 Å². The molecule has 1 amide bonds. The van der Waals surface area contributed by atoms with E-state index < -0.39 is 15.9 Å². The van der Waals surface area contributed by atoms with Crippen molar-refractivity contribution in [2.75, 3.05) is 11.9 Å². The van der Waals surface area contributed by atoms with Crippen LogP contribution in [0.4, 0.5) is 5.69 Å². The van der Waals surface area contributed by atoms with Crippen molar-refractivity contribution in [1.29, 1.82) is 0 Å². The van der Waals surface area contributed by atoms with Crippen LogP contribution in [0, 0.1) is 0 Å². The van der Waals surface area contributed by atoms with Gasteiger partial charge in [0.15, 0.2) is 0 Å². The molecule has 8 nitrogen and oxygen atoms in total. The third kappa shape index (κ3) is 3.68. The minimum absolute atomic E-state index is 0.0601. The Morgan fingerprint density at radius 3 is 2.81 bits per heavy atom. The lowest BCUT2D eigenvalue weighted by molar-refractivity contribution is 0.102. The molecule has 1 aliphatic rings. The molecule has 0 unspecified atom stereocenters. The van der Waals surface area contributed by atoms with Gasteiger partial charge in [0.25, 0.3) is 15.9 Å². The highest BCUT2D eigenvalue weighted by Crippen LogP contribution is 2.17. The standard InChI is InChI=1S/C18H17N5O3S/c24-18(15-12-23-10-2-1-8-17(23)21-15)20-13-5-3-6-14(11-13)27(25,26)22-16-7-4-9-19-16/h1-3,5-6,8,10-12H,4,7,9H2,(H,19,22)(H,20,24). The molecule has 0 saturated carbocycles. The molecular weight excluding hydrogens is 366 g/mol. The van der Waals surface area contributed by atoms with Gasteiger partial charge >= 0.3 is 0 Å². The van der Waals surface area contributed by atoms with Crippen molar-refractivity contribution in [1.82, 2.24) is 14.1 Å². The van der Waals surface area contributed by atoms with Crippen LogP contribution in [0.3, 0.4) is 0 Å². The highest BCUT2D eigenvalue weighted by Gasteiger charge is 2.19. The van der Waals surface area contributed by atoms with Crippen molar-refractivity contribution in [3.8, 4) is 0 Å². The van der Waals surface area contributed by atoms with E-state index in [-0.39, 0.29) is 10.6 Å². The highest BCUT2D eigenvalue weighted by molar-refractivity contribution is 7.90. The van der Waals surface area contributed by atoms with E-state index >= 15 is 0 Å². The molecule has 9 heteroatoms. The summed E-state index contributed by atoms with van der Waals surface area (Å²) in [5, 5.41) is 2.69. The summed E-state index contributed by atoms with van der Waals surface area (Å²) in [6.07, 6.45) is 4.87. The second-order valence-corrected chi connectivity index (χ2v) is 7.79. The first-order valence-corrected chi connectivity index (χ1v) is 9.91. The van der Waals surface area contributed by atoms with Gasteiger partial charge in [0, 0.05) is 31.0 Å². The SMILES string of the molecule is O=C(Nc1cccc(S(=O)(=O)NC2=NCCC2)c1)c1cn2ccccc2n1. The summed E-state index contributed by atoms with van der Waals surface area (Å²) in [6, 6.07) is 11.5. The third-order valence-corrected chi connectivity index (χ3v) is 5.50. The molecule has 3 aromatic rings. The molecule has 27 heavy (non-hydrogen) atoms. The normalized spacial score (nSPS) is 14.1. The number of nitrogens with one attached hydrogen (secondary N) is 2. The lowest BCUT2D eigenvalue weighted by Crippen LogP contribution is -2.29. The number of carbonyl (C=O) groups excluding carboxylic acids is 1. The number of aliphatic imine (C=N–C) groups is 1. The Morgan fingerprint density at radius 1 is 1.15 bits per heavy atom. The Kier molecular flexibility index (Phi) is 4.36. The topological polar surface area (TPSA) is 105 Å². The van der Waals surface area contributed by atoms with Gasteiger partial charge < -0.3 is 9.72 Å². The van der Waals surface area contributed by atoms with E-state index in [4.69, 9.17) is 0 Å². The molecule has 0 bridgehead atoms. The van der Waals surface area contributed by atoms with Gasteiger partial charge in [0.1, 0.15) is 17.2 Å². The number of imidazole rings is 1. The minimum atomic E-state index is -3.74. The molecule has 0 atom stereocenters. The van der Waals surface area contributed by atoms with Gasteiger partial charge in [0.05, 0.1) is 4.90 Å². The van der Waals surface area contributed by atoms with Gasteiger partial charge in [-0.15, -0.1) is 0 Å². The lowest BCUT2D eigenvalue weighted by atomic mass is 10.3. The fourth-order valence-corrected chi connectivity index (χ4v) is 3.95. The van der Waals surface area contributed by atoms with Crippen molar-refractivity contribution in [2.45, 2.75) is 17.7 Å². The van der Waals surface area contributed by atoms with Crippen molar-refractivity contribution < 1.29 is 13.2 Å². The second kappa shape index (κ2) is 6.84. The zero-order valence-corrected chi connectivity index (χ0v) is 15.1. The van der Waals surface area contributed by atoms with Crippen LogP contribution >= 0.6 is 0 Å². The monoisotopic (exact) mass is 383 g/mol. The van der Waals surface area contributed by atoms with Crippen molar-refractivity contribution in [3.05, 3.63) is 60.6 Å². The number of sulfonamides is 1. The third-order valence-electron chi connectivity index (χ3n) is 4.13. The molecule has 2 N–H and O–H groups in total. The Balaban J connectivity index is 1.54. The predicted molar refractivity (Wildman–Crippen MR) is 101 cm³/mol. The molecule has 0 saturated heterocycles. The summed E-state index contributed by atoms with van der Waals surface area (Å²) in [4.78, 5) is 20.9. The fraction of sp³-hybridized carbons (Fsp3) is 0.167. The maximum absolute atomic E-state index is 12.5. The number of nitrogens with zero attached hydrogens (tertiary/aromatic N) is 3. The van der Waals surface area contributed by atoms with Crippen LogP contribution in [0.15, 0.2) is 64.7 Å². The minimum Gasteiger partial charge on any atom is -0.321 e. The molecular formula is C18H17N5O3S. The molecule has 138 valence electrons. The number of pyridine rings is 1. The number of fused-ring (bicyclic) bond motifs is 1. The Hall–Kier alpha value is -3.20. The first-order valence-electron chi connectivity index (χ1n) is 8.43. The number of amides is 1. The molecule has 1 aliphatic heterocycles. The molecule has 0 aliphatic carbocycles. The van der Waals surface area contributed by atoms with Gasteiger partial charge in [-0.2, -0.15) is 0 Å². The van der Waals surface area contributed by atoms with E-state index in [1.807, 2.05) is 12.1 Å². The predicted octanol–water partition coefficient (Wildman–Crippen LogP) is 2.06. The highest BCUT2D eigenvalue weighted by atomic mass is 32.2. The van der Waals surface area contributed by atoms with Crippen LogP contribution in [0.2, 0.25) is 0 Å². The number of benzene rings is 1. The Morgan fingerprint density at radius 2 is 2.04 bits per heavy atom. The first-order chi connectivity index (χ1) is 13.0. The van der Waals surface area contributed by atoms with Gasteiger partial charge in [-0.05, 0) is 36.8 Å². The number of anilines is 1. The van der Waals surface area contributed by atoms with E-state index in [0.717, 1.165) is 6.42 Å². The molecule has 0 spiro atoms. The van der Waals surface area contributed by atoms with E-state index in [2.05, 4.69) is 20.0 Å². The number of hydrogen-bond acceptors (Lipinski definition) is 5. The van der Waals surface area contributed by atoms with Crippen LogP contribution in [0.25, 0.3) is 5.65 Å². The fourth-order valence-electron chi connectivity index (χ4n) is 2.82. The zero-order chi connectivity index (χ0) is 18.9. The summed E-state index contributed by atoms with van der Waals surface area (Å²) in [5.41, 5.74) is 1.27. The van der Waals surface area contributed by atoms with Crippen LogP contribution in [0.1, 0.15) is 23.3 Å². The number of aromatic nitrogens is 2. The average molecular weight is 383 g/mol. The van der Waals surface area contributed by atoms with E-state index in [0.29, 0.717) is 30.1 Å². The number of carbonyl (C=O) groups is 1. The maximum atomic E-state index is 12.5. The number of amidine groups is 1. The zero-order valence-electron chi connectivity index (χ0n) is 14.3. The second-order valence-electron chi connectivity index (χ2n) is 6.11. The smallest absolute Gasteiger partial charge is 0.275 e. The quantitative estimate of drug-likeness (QED) is 0.719. The largest absolute Gasteiger partial charge is 0.321 e. The lowest BCUT2D eigenvalue weighted by Gasteiger charge is -2.09. The maximum Gasteiger partial charge on any atom is 0.275 e. The molecule has 1 aromatic carbocycles. The summed E-state index contributed by atoms with van der Waals surface area (Å²) in [5.74, 6) is 0.0514. The summed E-state index contributed by atoms with van der Waals surface area (Å²) < 4.78 is 29.2. The van der Waals surface area contributed by atoms with Gasteiger partial charge in [-0.1, -0.05) is 12.1 Å². The van der Waals surface area contributed by atoms with Crippen LogP contribution in [-0.4, -0.2) is 36.1 Å². The molecule has 3 heterocycles.